The number of esters is 1. The van der Waals surface area contributed by atoms with Gasteiger partial charge in [-0.3, -0.25) is 4.79 Å². The lowest BCUT2D eigenvalue weighted by atomic mass is 10.2. The number of halogens is 1. The van der Waals surface area contributed by atoms with Crippen LogP contribution >= 0.6 is 23.4 Å². The fourth-order valence-electron chi connectivity index (χ4n) is 2.80. The predicted molar refractivity (Wildman–Crippen MR) is 129 cm³/mol. The van der Waals surface area contributed by atoms with Crippen LogP contribution in [0.2, 0.25) is 5.02 Å². The molecule has 0 spiro atoms. The molecule has 0 radical (unpaired) electrons. The second-order valence-electron chi connectivity index (χ2n) is 6.54. The molecule has 2 aromatic rings. The van der Waals surface area contributed by atoms with Gasteiger partial charge in [-0.25, -0.2) is 9.79 Å². The van der Waals surface area contributed by atoms with Crippen LogP contribution in [0.15, 0.2) is 46.3 Å². The molecule has 174 valence electrons. The molecule has 1 heterocycles. The minimum atomic E-state index is -0.543. The summed E-state index contributed by atoms with van der Waals surface area (Å²) in [7, 11) is 1.27. The topological polar surface area (TPSA) is 95.5 Å². The highest BCUT2D eigenvalue weighted by atomic mass is 35.5. The number of amides is 1. The second-order valence-corrected chi connectivity index (χ2v) is 7.97. The zero-order valence-corrected chi connectivity index (χ0v) is 19.9. The van der Waals surface area contributed by atoms with E-state index in [0.29, 0.717) is 40.3 Å². The lowest BCUT2D eigenvalue weighted by molar-refractivity contribution is -0.142. The fraction of sp³-hybridized carbons (Fsp3) is 0.261. The van der Waals surface area contributed by atoms with Gasteiger partial charge in [0, 0.05) is 0 Å². The van der Waals surface area contributed by atoms with Crippen LogP contribution in [-0.2, 0) is 14.3 Å². The van der Waals surface area contributed by atoms with Crippen molar-refractivity contribution in [1.29, 1.82) is 0 Å². The molecule has 0 bridgehead atoms. The van der Waals surface area contributed by atoms with Crippen molar-refractivity contribution in [2.24, 2.45) is 4.99 Å². The van der Waals surface area contributed by atoms with Crippen molar-refractivity contribution in [2.75, 3.05) is 26.9 Å². The van der Waals surface area contributed by atoms with Gasteiger partial charge in [0.25, 0.3) is 5.91 Å². The van der Waals surface area contributed by atoms with E-state index in [1.54, 1.807) is 18.2 Å². The average molecular weight is 491 g/mol. The molecule has 33 heavy (non-hydrogen) atoms. The molecule has 3 rings (SSSR count). The van der Waals surface area contributed by atoms with Crippen LogP contribution in [0.25, 0.3) is 6.08 Å². The quantitative estimate of drug-likeness (QED) is 0.406. The third kappa shape index (κ3) is 6.66. The maximum Gasteiger partial charge on any atom is 0.343 e. The highest BCUT2D eigenvalue weighted by Gasteiger charge is 2.24. The number of nitrogens with zero attached hydrogens (tertiary/aromatic N) is 1. The number of nitrogens with one attached hydrogen (secondary N) is 1. The van der Waals surface area contributed by atoms with E-state index in [-0.39, 0.29) is 23.3 Å². The molecule has 2 aromatic carbocycles. The van der Waals surface area contributed by atoms with E-state index in [4.69, 9.17) is 25.8 Å². The number of hydrogen-bond donors (Lipinski definition) is 1. The smallest absolute Gasteiger partial charge is 0.343 e. The van der Waals surface area contributed by atoms with Gasteiger partial charge in [-0.15, -0.1) is 0 Å². The first-order chi connectivity index (χ1) is 15.9. The zero-order valence-electron chi connectivity index (χ0n) is 18.3. The Hall–Kier alpha value is -3.17. The predicted octanol–water partition coefficient (Wildman–Crippen LogP) is 4.58. The molecule has 1 amide bonds. The number of carbonyl (C=O) groups is 2. The Kier molecular flexibility index (Phi) is 8.62. The van der Waals surface area contributed by atoms with Gasteiger partial charge in [-0.1, -0.05) is 11.6 Å². The van der Waals surface area contributed by atoms with Crippen molar-refractivity contribution in [3.05, 3.63) is 51.9 Å². The van der Waals surface area contributed by atoms with E-state index >= 15 is 0 Å². The number of hydrogen-bond acceptors (Lipinski definition) is 8. The number of rotatable bonds is 9. The van der Waals surface area contributed by atoms with Crippen LogP contribution in [0, 0.1) is 0 Å². The van der Waals surface area contributed by atoms with Gasteiger partial charge < -0.3 is 24.3 Å². The number of methoxy groups -OCH3 is 1. The monoisotopic (exact) mass is 490 g/mol. The Morgan fingerprint density at radius 1 is 1.12 bits per heavy atom. The van der Waals surface area contributed by atoms with E-state index < -0.39 is 5.97 Å². The highest BCUT2D eigenvalue weighted by Crippen LogP contribution is 2.38. The molecule has 1 N–H and O–H groups in total. The van der Waals surface area contributed by atoms with Crippen LogP contribution in [0.4, 0.5) is 5.69 Å². The molecule has 1 fully saturated rings. The molecule has 0 aromatic heterocycles. The Morgan fingerprint density at radius 2 is 1.85 bits per heavy atom. The molecule has 10 heteroatoms. The summed E-state index contributed by atoms with van der Waals surface area (Å²) < 4.78 is 21.1. The Morgan fingerprint density at radius 3 is 2.52 bits per heavy atom. The summed E-state index contributed by atoms with van der Waals surface area (Å²) in [5, 5.41) is 3.45. The van der Waals surface area contributed by atoms with Gasteiger partial charge in [0.2, 0.25) is 0 Å². The number of aliphatic imine (C=N–C) groups is 1. The molecular weight excluding hydrogens is 468 g/mol. The number of carbonyl (C=O) groups excluding carboxylic acids is 2. The first-order valence-corrected chi connectivity index (χ1v) is 11.3. The highest BCUT2D eigenvalue weighted by molar-refractivity contribution is 8.18. The average Bonchev–Trinajstić information content (AvgIpc) is 3.13. The molecule has 1 aliphatic rings. The van der Waals surface area contributed by atoms with Gasteiger partial charge in [0.1, 0.15) is 5.75 Å². The van der Waals surface area contributed by atoms with Crippen molar-refractivity contribution >= 4 is 52.2 Å². The number of ether oxygens (including phenoxy) is 4. The Bertz CT molecular complexity index is 1090. The van der Waals surface area contributed by atoms with E-state index in [0.717, 1.165) is 5.75 Å². The molecule has 0 unspecified atom stereocenters. The summed E-state index contributed by atoms with van der Waals surface area (Å²) in [4.78, 5) is 28.8. The first kappa shape index (κ1) is 24.5. The van der Waals surface area contributed by atoms with E-state index in [2.05, 4.69) is 15.0 Å². The number of benzene rings is 2. The Balaban J connectivity index is 1.80. The summed E-state index contributed by atoms with van der Waals surface area (Å²) in [6.07, 6.45) is 1.68. The maximum atomic E-state index is 12.5. The van der Waals surface area contributed by atoms with Gasteiger partial charge in [-0.2, -0.15) is 0 Å². The molecule has 0 aliphatic carbocycles. The molecule has 0 atom stereocenters. The third-order valence-corrected chi connectivity index (χ3v) is 5.41. The van der Waals surface area contributed by atoms with Gasteiger partial charge in [0.05, 0.1) is 35.9 Å². The molecule has 8 nitrogen and oxygen atoms in total. The molecule has 0 saturated carbocycles. The van der Waals surface area contributed by atoms with E-state index in [1.807, 2.05) is 38.1 Å². The summed E-state index contributed by atoms with van der Waals surface area (Å²) in [5.74, 6) is 0.522. The minimum absolute atomic E-state index is 0.229. The molecule has 1 aliphatic heterocycles. The largest absolute Gasteiger partial charge is 0.494 e. The maximum absolute atomic E-state index is 12.5. The SMILES string of the molecule is CCOc1ccc(N=C2NC(=O)/C(=C\c3cc(Cl)c(OCC(=O)OC)c(OCC)c3)S2)cc1. The lowest BCUT2D eigenvalue weighted by Crippen LogP contribution is -2.19. The van der Waals surface area contributed by atoms with Crippen LogP contribution in [0.3, 0.4) is 0 Å². The van der Waals surface area contributed by atoms with Gasteiger partial charge in [0.15, 0.2) is 23.3 Å². The van der Waals surface area contributed by atoms with Gasteiger partial charge >= 0.3 is 5.97 Å². The standard InChI is InChI=1S/C23H23ClN2O6S/c1-4-30-16-8-6-15(7-9-16)25-23-26-22(28)19(33-23)12-14-10-17(24)21(18(11-14)31-5-2)32-13-20(27)29-3/h6-12H,4-5,13H2,1-3H3,(H,25,26,28)/b19-12+. The van der Waals surface area contributed by atoms with Crippen LogP contribution in [0.1, 0.15) is 19.4 Å². The van der Waals surface area contributed by atoms with Crippen LogP contribution in [-0.4, -0.2) is 44.0 Å². The van der Waals surface area contributed by atoms with Crippen LogP contribution in [0.5, 0.6) is 17.2 Å². The fourth-order valence-corrected chi connectivity index (χ4v) is 3.91. The van der Waals surface area contributed by atoms with Crippen molar-refractivity contribution in [1.82, 2.24) is 5.32 Å². The summed E-state index contributed by atoms with van der Waals surface area (Å²) in [6, 6.07) is 10.6. The summed E-state index contributed by atoms with van der Waals surface area (Å²) in [6.45, 7) is 4.37. The summed E-state index contributed by atoms with van der Waals surface area (Å²) >= 11 is 7.57. The first-order valence-electron chi connectivity index (χ1n) is 10.1. The van der Waals surface area contributed by atoms with Crippen molar-refractivity contribution < 1.29 is 28.5 Å². The van der Waals surface area contributed by atoms with Crippen molar-refractivity contribution in [2.45, 2.75) is 13.8 Å². The minimum Gasteiger partial charge on any atom is -0.494 e. The lowest BCUT2D eigenvalue weighted by Gasteiger charge is -2.14. The molecular formula is C23H23ClN2O6S. The zero-order chi connectivity index (χ0) is 23.8. The second kappa shape index (κ2) is 11.6. The van der Waals surface area contributed by atoms with Crippen LogP contribution < -0.4 is 19.5 Å². The van der Waals surface area contributed by atoms with E-state index in [9.17, 15) is 9.59 Å². The van der Waals surface area contributed by atoms with Gasteiger partial charge in [-0.05, 0) is 73.6 Å². The van der Waals surface area contributed by atoms with Crippen molar-refractivity contribution in [3.8, 4) is 17.2 Å². The third-order valence-electron chi connectivity index (χ3n) is 4.22. The molecule has 1 saturated heterocycles. The number of thioether (sulfide) groups is 1. The van der Waals surface area contributed by atoms with Crippen molar-refractivity contribution in [3.63, 3.8) is 0 Å². The number of amidine groups is 1. The Labute approximate surface area is 200 Å². The normalized spacial score (nSPS) is 15.5. The van der Waals surface area contributed by atoms with E-state index in [1.165, 1.54) is 18.9 Å². The summed E-state index contributed by atoms with van der Waals surface area (Å²) in [5.41, 5.74) is 1.32.